The summed E-state index contributed by atoms with van der Waals surface area (Å²) in [4.78, 5) is 38.1. The molecule has 0 aromatic heterocycles. The lowest BCUT2D eigenvalue weighted by atomic mass is 10.0. The summed E-state index contributed by atoms with van der Waals surface area (Å²) >= 11 is 0. The molecule has 0 spiro atoms. The summed E-state index contributed by atoms with van der Waals surface area (Å²) in [6.07, 6.45) is 66.7. The minimum atomic E-state index is -0.784. The Kier molecular flexibility index (Phi) is 52.8. The lowest BCUT2D eigenvalue weighted by molar-refractivity contribution is -0.167. The molecule has 0 fully saturated rings. The second-order valence-corrected chi connectivity index (χ2v) is 19.2. The van der Waals surface area contributed by atoms with E-state index in [0.717, 1.165) is 103 Å². The molecule has 384 valence electrons. The van der Waals surface area contributed by atoms with Crippen LogP contribution in [-0.2, 0) is 28.6 Å². The van der Waals surface area contributed by atoms with Gasteiger partial charge in [0.05, 0.1) is 0 Å². The van der Waals surface area contributed by atoms with Gasteiger partial charge in [-0.25, -0.2) is 0 Å². The van der Waals surface area contributed by atoms with Crippen LogP contribution in [0.5, 0.6) is 0 Å². The van der Waals surface area contributed by atoms with Crippen molar-refractivity contribution in [2.24, 2.45) is 0 Å². The first-order valence-electron chi connectivity index (χ1n) is 28.6. The number of carbonyl (C=O) groups is 3. The zero-order valence-electron chi connectivity index (χ0n) is 44.0. The molecule has 0 saturated carbocycles. The van der Waals surface area contributed by atoms with Crippen LogP contribution in [0.3, 0.4) is 0 Å². The molecule has 1 unspecified atom stereocenters. The number of carbonyl (C=O) groups excluding carboxylic acids is 3. The monoisotopic (exact) mass is 925 g/mol. The van der Waals surface area contributed by atoms with Gasteiger partial charge in [-0.3, -0.25) is 14.4 Å². The zero-order valence-corrected chi connectivity index (χ0v) is 44.0. The van der Waals surface area contributed by atoms with Crippen molar-refractivity contribution < 1.29 is 28.6 Å². The normalized spacial score (nSPS) is 12.3. The maximum atomic E-state index is 12.8. The van der Waals surface area contributed by atoms with Crippen molar-refractivity contribution in [3.05, 3.63) is 48.6 Å². The molecule has 0 heterocycles. The molecular weight excluding hydrogens is 817 g/mol. The Balaban J connectivity index is 4.37. The fraction of sp³-hybridized carbons (Fsp3) is 0.817. The quantitative estimate of drug-likeness (QED) is 0.0262. The number of ether oxygens (including phenoxy) is 3. The van der Waals surface area contributed by atoms with E-state index in [1.807, 2.05) is 0 Å². The highest BCUT2D eigenvalue weighted by Gasteiger charge is 2.19. The van der Waals surface area contributed by atoms with Crippen LogP contribution in [0, 0.1) is 0 Å². The molecule has 0 rings (SSSR count). The van der Waals surface area contributed by atoms with Crippen molar-refractivity contribution in [2.45, 2.75) is 303 Å². The SMILES string of the molecule is CC/C=C\C/C=C\C/C=C\CCCCCCC(=O)OCC(COC(=O)CCCCCCCCCCCCCCCCCCCC)OC(=O)CCCCCCC/C=C\CCCCCCCCC. The summed E-state index contributed by atoms with van der Waals surface area (Å²) in [6, 6.07) is 0. The van der Waals surface area contributed by atoms with Crippen LogP contribution in [0.25, 0.3) is 0 Å². The average Bonchev–Trinajstić information content (AvgIpc) is 3.31. The predicted octanol–water partition coefficient (Wildman–Crippen LogP) is 19.0. The molecule has 0 aliphatic rings. The topological polar surface area (TPSA) is 78.9 Å². The van der Waals surface area contributed by atoms with Crippen LogP contribution in [0.15, 0.2) is 48.6 Å². The van der Waals surface area contributed by atoms with Gasteiger partial charge in [0.2, 0.25) is 0 Å². The van der Waals surface area contributed by atoms with E-state index in [9.17, 15) is 14.4 Å². The number of allylic oxidation sites excluding steroid dienone is 8. The molecule has 0 radical (unpaired) electrons. The van der Waals surface area contributed by atoms with Gasteiger partial charge in [-0.2, -0.15) is 0 Å². The average molecular weight is 926 g/mol. The second-order valence-electron chi connectivity index (χ2n) is 19.2. The van der Waals surface area contributed by atoms with Gasteiger partial charge in [-0.1, -0.05) is 249 Å². The molecule has 0 aromatic carbocycles. The molecule has 6 heteroatoms. The number of hydrogen-bond acceptors (Lipinski definition) is 6. The fourth-order valence-corrected chi connectivity index (χ4v) is 8.28. The van der Waals surface area contributed by atoms with Crippen LogP contribution in [0.1, 0.15) is 297 Å². The van der Waals surface area contributed by atoms with E-state index in [1.54, 1.807) is 0 Å². The van der Waals surface area contributed by atoms with Gasteiger partial charge in [0.15, 0.2) is 6.10 Å². The number of unbranched alkanes of at least 4 members (excludes halogenated alkanes) is 33. The van der Waals surface area contributed by atoms with E-state index in [1.165, 1.54) is 154 Å². The van der Waals surface area contributed by atoms with E-state index in [-0.39, 0.29) is 31.1 Å². The predicted molar refractivity (Wildman–Crippen MR) is 284 cm³/mol. The number of rotatable bonds is 52. The van der Waals surface area contributed by atoms with Crippen molar-refractivity contribution in [3.8, 4) is 0 Å². The van der Waals surface area contributed by atoms with Crippen molar-refractivity contribution in [2.75, 3.05) is 13.2 Å². The summed E-state index contributed by atoms with van der Waals surface area (Å²) in [6.45, 7) is 6.53. The smallest absolute Gasteiger partial charge is 0.306 e. The lowest BCUT2D eigenvalue weighted by Crippen LogP contribution is -2.30. The molecule has 66 heavy (non-hydrogen) atoms. The van der Waals surface area contributed by atoms with Crippen molar-refractivity contribution in [3.63, 3.8) is 0 Å². The first kappa shape index (κ1) is 63.4. The summed E-state index contributed by atoms with van der Waals surface area (Å²) in [5.74, 6) is -0.898. The molecule has 0 aromatic rings. The van der Waals surface area contributed by atoms with E-state index in [0.29, 0.717) is 19.3 Å². The first-order valence-corrected chi connectivity index (χ1v) is 28.6. The van der Waals surface area contributed by atoms with Gasteiger partial charge in [0.1, 0.15) is 13.2 Å². The summed E-state index contributed by atoms with van der Waals surface area (Å²) in [5.41, 5.74) is 0. The van der Waals surface area contributed by atoms with Gasteiger partial charge in [-0.05, 0) is 77.0 Å². The zero-order chi connectivity index (χ0) is 47.9. The minimum Gasteiger partial charge on any atom is -0.462 e. The van der Waals surface area contributed by atoms with Crippen LogP contribution in [0.4, 0.5) is 0 Å². The Morgan fingerprint density at radius 1 is 0.318 bits per heavy atom. The van der Waals surface area contributed by atoms with Crippen LogP contribution in [0.2, 0.25) is 0 Å². The standard InChI is InChI=1S/C60H108O6/c1-4-7-10-13-16-19-22-25-28-30-31-33-35-38-41-44-47-50-53-59(62)65-56-57(55-64-58(61)52-49-46-43-40-37-34-27-24-21-18-15-12-9-6-3)66-60(63)54-51-48-45-42-39-36-32-29-26-23-20-17-14-11-8-5-2/h9,12,18,21,27,29,32,34,57H,4-8,10-11,13-17,19-20,22-26,28,30-31,33,35-56H2,1-3H3/b12-9-,21-18-,32-29-,34-27-. The molecule has 0 N–H and O–H groups in total. The van der Waals surface area contributed by atoms with E-state index in [4.69, 9.17) is 14.2 Å². The molecule has 0 aliphatic heterocycles. The van der Waals surface area contributed by atoms with Gasteiger partial charge in [0, 0.05) is 19.3 Å². The largest absolute Gasteiger partial charge is 0.462 e. The summed E-state index contributed by atoms with van der Waals surface area (Å²) < 4.78 is 16.8. The molecule has 6 nitrogen and oxygen atoms in total. The van der Waals surface area contributed by atoms with E-state index in [2.05, 4.69) is 69.4 Å². The van der Waals surface area contributed by atoms with Gasteiger partial charge >= 0.3 is 17.9 Å². The highest BCUT2D eigenvalue weighted by molar-refractivity contribution is 5.71. The third-order valence-corrected chi connectivity index (χ3v) is 12.6. The molecule has 0 saturated heterocycles. The highest BCUT2D eigenvalue weighted by Crippen LogP contribution is 2.16. The van der Waals surface area contributed by atoms with E-state index >= 15 is 0 Å². The Labute approximate surface area is 409 Å². The first-order chi connectivity index (χ1) is 32.5. The maximum absolute atomic E-state index is 12.8. The van der Waals surface area contributed by atoms with Crippen molar-refractivity contribution >= 4 is 17.9 Å². The van der Waals surface area contributed by atoms with Crippen molar-refractivity contribution in [1.29, 1.82) is 0 Å². The Hall–Kier alpha value is -2.63. The van der Waals surface area contributed by atoms with Gasteiger partial charge < -0.3 is 14.2 Å². The minimum absolute atomic E-state index is 0.0808. The molecule has 0 amide bonds. The maximum Gasteiger partial charge on any atom is 0.306 e. The van der Waals surface area contributed by atoms with E-state index < -0.39 is 6.10 Å². The highest BCUT2D eigenvalue weighted by atomic mass is 16.6. The number of esters is 3. The molecule has 0 aliphatic carbocycles. The fourth-order valence-electron chi connectivity index (χ4n) is 8.28. The lowest BCUT2D eigenvalue weighted by Gasteiger charge is -2.18. The third-order valence-electron chi connectivity index (χ3n) is 12.6. The Bertz CT molecular complexity index is 1150. The second kappa shape index (κ2) is 55.0. The van der Waals surface area contributed by atoms with Crippen LogP contribution < -0.4 is 0 Å². The molecule has 0 bridgehead atoms. The Morgan fingerprint density at radius 3 is 0.939 bits per heavy atom. The van der Waals surface area contributed by atoms with Crippen LogP contribution in [-0.4, -0.2) is 37.2 Å². The molecular formula is C60H108O6. The van der Waals surface area contributed by atoms with Gasteiger partial charge in [0.25, 0.3) is 0 Å². The number of hydrogen-bond donors (Lipinski definition) is 0. The third kappa shape index (κ3) is 52.3. The summed E-state index contributed by atoms with van der Waals surface area (Å²) in [5, 5.41) is 0. The van der Waals surface area contributed by atoms with Gasteiger partial charge in [-0.15, -0.1) is 0 Å². The van der Waals surface area contributed by atoms with Crippen LogP contribution >= 0.6 is 0 Å². The summed E-state index contributed by atoms with van der Waals surface area (Å²) in [7, 11) is 0. The van der Waals surface area contributed by atoms with Crippen molar-refractivity contribution in [1.82, 2.24) is 0 Å². The molecule has 1 atom stereocenters. The Morgan fingerprint density at radius 2 is 0.591 bits per heavy atom.